The first kappa shape index (κ1) is 15.0. The highest BCUT2D eigenvalue weighted by Crippen LogP contribution is 2.42. The van der Waals surface area contributed by atoms with Gasteiger partial charge in [-0.05, 0) is 18.3 Å². The van der Waals surface area contributed by atoms with Gasteiger partial charge in [-0.15, -0.1) is 0 Å². The standard InChI is InChI=1S/C13H22O5/c1-8(2)10-13(11(14)16-4,12(15)17-5)6-9(3)7-18-10/h8-10H,6-7H2,1-5H3/t9-,10+/m1/s1. The molecule has 5 nitrogen and oxygen atoms in total. The van der Waals surface area contributed by atoms with Crippen LogP contribution in [0.5, 0.6) is 0 Å². The van der Waals surface area contributed by atoms with Crippen LogP contribution in [0.3, 0.4) is 0 Å². The largest absolute Gasteiger partial charge is 0.468 e. The molecule has 5 heteroatoms. The Bertz CT molecular complexity index is 307. The zero-order valence-electron chi connectivity index (χ0n) is 11.7. The third-order valence-electron chi connectivity index (χ3n) is 3.42. The number of rotatable bonds is 3. The number of ether oxygens (including phenoxy) is 3. The first-order chi connectivity index (χ1) is 8.40. The van der Waals surface area contributed by atoms with Crippen LogP contribution in [0.1, 0.15) is 27.2 Å². The summed E-state index contributed by atoms with van der Waals surface area (Å²) in [6.45, 7) is 6.32. The van der Waals surface area contributed by atoms with Gasteiger partial charge in [-0.3, -0.25) is 9.59 Å². The van der Waals surface area contributed by atoms with Gasteiger partial charge in [0.1, 0.15) is 0 Å². The van der Waals surface area contributed by atoms with Crippen LogP contribution in [0, 0.1) is 17.3 Å². The predicted octanol–water partition coefficient (Wildman–Crippen LogP) is 1.40. The molecule has 0 bridgehead atoms. The third-order valence-corrected chi connectivity index (χ3v) is 3.42. The van der Waals surface area contributed by atoms with E-state index in [0.717, 1.165) is 0 Å². The molecular formula is C13H22O5. The third kappa shape index (κ3) is 2.36. The van der Waals surface area contributed by atoms with Gasteiger partial charge in [0.05, 0.1) is 20.3 Å². The molecule has 0 N–H and O–H groups in total. The summed E-state index contributed by atoms with van der Waals surface area (Å²) in [7, 11) is 2.56. The van der Waals surface area contributed by atoms with Crippen molar-refractivity contribution < 1.29 is 23.8 Å². The van der Waals surface area contributed by atoms with Gasteiger partial charge in [0.15, 0.2) is 5.41 Å². The van der Waals surface area contributed by atoms with E-state index in [0.29, 0.717) is 13.0 Å². The van der Waals surface area contributed by atoms with E-state index in [1.54, 1.807) is 0 Å². The van der Waals surface area contributed by atoms with E-state index >= 15 is 0 Å². The molecule has 2 atom stereocenters. The second-order valence-electron chi connectivity index (χ2n) is 5.26. The quantitative estimate of drug-likeness (QED) is 0.565. The fourth-order valence-electron chi connectivity index (χ4n) is 2.74. The highest BCUT2D eigenvalue weighted by atomic mass is 16.6. The molecule has 1 heterocycles. The number of esters is 2. The molecule has 0 aromatic heterocycles. The van der Waals surface area contributed by atoms with Crippen molar-refractivity contribution in [2.45, 2.75) is 33.3 Å². The van der Waals surface area contributed by atoms with Crippen LogP contribution in [-0.4, -0.2) is 38.9 Å². The minimum atomic E-state index is -1.34. The minimum absolute atomic E-state index is 0.0238. The fourth-order valence-corrected chi connectivity index (χ4v) is 2.74. The van der Waals surface area contributed by atoms with Crippen LogP contribution < -0.4 is 0 Å². The van der Waals surface area contributed by atoms with Crippen molar-refractivity contribution >= 4 is 11.9 Å². The summed E-state index contributed by atoms with van der Waals surface area (Å²) in [5.74, 6) is -1.01. The van der Waals surface area contributed by atoms with Crippen molar-refractivity contribution in [3.05, 3.63) is 0 Å². The molecule has 1 rings (SSSR count). The summed E-state index contributed by atoms with van der Waals surface area (Å²) in [5.41, 5.74) is -1.34. The average Bonchev–Trinajstić information content (AvgIpc) is 2.35. The van der Waals surface area contributed by atoms with Crippen LogP contribution in [0.25, 0.3) is 0 Å². The topological polar surface area (TPSA) is 61.8 Å². The molecule has 0 radical (unpaired) electrons. The summed E-state index contributed by atoms with van der Waals surface area (Å²) in [6, 6.07) is 0. The molecule has 0 amide bonds. The highest BCUT2D eigenvalue weighted by molar-refractivity contribution is 6.01. The van der Waals surface area contributed by atoms with Gasteiger partial charge in [0, 0.05) is 6.61 Å². The van der Waals surface area contributed by atoms with Gasteiger partial charge in [-0.1, -0.05) is 20.8 Å². The van der Waals surface area contributed by atoms with Gasteiger partial charge in [-0.25, -0.2) is 0 Å². The van der Waals surface area contributed by atoms with Gasteiger partial charge < -0.3 is 14.2 Å². The lowest BCUT2D eigenvalue weighted by molar-refractivity contribution is -0.198. The lowest BCUT2D eigenvalue weighted by Gasteiger charge is -2.43. The Labute approximate surface area is 108 Å². The molecule has 0 aromatic rings. The van der Waals surface area contributed by atoms with Gasteiger partial charge in [0.25, 0.3) is 0 Å². The highest BCUT2D eigenvalue weighted by Gasteiger charge is 2.58. The van der Waals surface area contributed by atoms with E-state index in [1.807, 2.05) is 20.8 Å². The van der Waals surface area contributed by atoms with Crippen molar-refractivity contribution in [2.75, 3.05) is 20.8 Å². The monoisotopic (exact) mass is 258 g/mol. The summed E-state index contributed by atoms with van der Waals surface area (Å²) in [5, 5.41) is 0. The number of carbonyl (C=O) groups excluding carboxylic acids is 2. The number of hydrogen-bond donors (Lipinski definition) is 0. The molecule has 18 heavy (non-hydrogen) atoms. The maximum Gasteiger partial charge on any atom is 0.325 e. The van der Waals surface area contributed by atoms with Crippen molar-refractivity contribution in [3.63, 3.8) is 0 Å². The zero-order valence-corrected chi connectivity index (χ0v) is 11.7. The van der Waals surface area contributed by atoms with E-state index in [9.17, 15) is 9.59 Å². The van der Waals surface area contributed by atoms with Crippen molar-refractivity contribution in [2.24, 2.45) is 17.3 Å². The second-order valence-corrected chi connectivity index (χ2v) is 5.26. The Morgan fingerprint density at radius 3 is 2.11 bits per heavy atom. The molecule has 104 valence electrons. The predicted molar refractivity (Wildman–Crippen MR) is 64.8 cm³/mol. The second kappa shape index (κ2) is 5.69. The lowest BCUT2D eigenvalue weighted by Crippen LogP contribution is -2.57. The Kier molecular flexibility index (Phi) is 4.73. The first-order valence-electron chi connectivity index (χ1n) is 6.18. The van der Waals surface area contributed by atoms with E-state index in [-0.39, 0.29) is 11.8 Å². The Balaban J connectivity index is 3.24. The van der Waals surface area contributed by atoms with E-state index in [2.05, 4.69) is 0 Å². The summed E-state index contributed by atoms with van der Waals surface area (Å²) >= 11 is 0. The van der Waals surface area contributed by atoms with E-state index in [1.165, 1.54) is 14.2 Å². The number of hydrogen-bond acceptors (Lipinski definition) is 5. The molecule has 1 fully saturated rings. The van der Waals surface area contributed by atoms with E-state index in [4.69, 9.17) is 14.2 Å². The van der Waals surface area contributed by atoms with Crippen LogP contribution in [0.4, 0.5) is 0 Å². The molecule has 0 spiro atoms. The van der Waals surface area contributed by atoms with Crippen LogP contribution in [0.15, 0.2) is 0 Å². The summed E-state index contributed by atoms with van der Waals surface area (Å²) in [4.78, 5) is 24.3. The fraction of sp³-hybridized carbons (Fsp3) is 0.846. The Morgan fingerprint density at radius 1 is 1.22 bits per heavy atom. The van der Waals surface area contributed by atoms with Crippen molar-refractivity contribution in [3.8, 4) is 0 Å². The Morgan fingerprint density at radius 2 is 1.72 bits per heavy atom. The van der Waals surface area contributed by atoms with Crippen LogP contribution in [0.2, 0.25) is 0 Å². The van der Waals surface area contributed by atoms with Crippen molar-refractivity contribution in [1.82, 2.24) is 0 Å². The molecular weight excluding hydrogens is 236 g/mol. The van der Waals surface area contributed by atoms with Gasteiger partial charge >= 0.3 is 11.9 Å². The van der Waals surface area contributed by atoms with E-state index < -0.39 is 23.5 Å². The first-order valence-corrected chi connectivity index (χ1v) is 6.18. The Hall–Kier alpha value is -1.10. The van der Waals surface area contributed by atoms with Crippen LogP contribution >= 0.6 is 0 Å². The normalized spacial score (nSPS) is 26.8. The smallest absolute Gasteiger partial charge is 0.325 e. The zero-order chi connectivity index (χ0) is 13.9. The van der Waals surface area contributed by atoms with Gasteiger partial charge in [-0.2, -0.15) is 0 Å². The molecule has 1 aliphatic heterocycles. The minimum Gasteiger partial charge on any atom is -0.468 e. The van der Waals surface area contributed by atoms with Gasteiger partial charge in [0.2, 0.25) is 0 Å². The van der Waals surface area contributed by atoms with Crippen molar-refractivity contribution in [1.29, 1.82) is 0 Å². The van der Waals surface area contributed by atoms with Crippen LogP contribution in [-0.2, 0) is 23.8 Å². The molecule has 1 saturated heterocycles. The summed E-state index contributed by atoms with van der Waals surface area (Å²) < 4.78 is 15.4. The SMILES string of the molecule is COC(=O)C1(C(=O)OC)C[C@@H](C)CO[C@H]1C(C)C. The average molecular weight is 258 g/mol. The summed E-state index contributed by atoms with van der Waals surface area (Å²) in [6.07, 6.45) is -0.108. The molecule has 0 aromatic carbocycles. The lowest BCUT2D eigenvalue weighted by atomic mass is 9.69. The maximum absolute atomic E-state index is 12.1. The molecule has 1 aliphatic rings. The molecule has 0 aliphatic carbocycles. The number of carbonyl (C=O) groups is 2. The molecule has 0 saturated carbocycles. The number of methoxy groups -OCH3 is 2. The maximum atomic E-state index is 12.1. The molecule has 0 unspecified atom stereocenters.